The van der Waals surface area contributed by atoms with Crippen molar-refractivity contribution in [2.45, 2.75) is 50.6 Å². The molecule has 1 aromatic carbocycles. The number of aldehydes is 1. The third-order valence-electron chi connectivity index (χ3n) is 7.69. The van der Waals surface area contributed by atoms with Gasteiger partial charge in [0.1, 0.15) is 30.5 Å². The zero-order chi connectivity index (χ0) is 25.4. The van der Waals surface area contributed by atoms with Crippen molar-refractivity contribution in [1.29, 1.82) is 0 Å². The van der Waals surface area contributed by atoms with E-state index in [1.165, 1.54) is 0 Å². The van der Waals surface area contributed by atoms with Crippen LogP contribution in [0.1, 0.15) is 43.2 Å². The monoisotopic (exact) mass is 501 g/mol. The van der Waals surface area contributed by atoms with E-state index in [0.717, 1.165) is 84.6 Å². The van der Waals surface area contributed by atoms with E-state index in [-0.39, 0.29) is 23.9 Å². The first-order chi connectivity index (χ1) is 18.1. The van der Waals surface area contributed by atoms with Crippen LogP contribution >= 0.6 is 0 Å². The molecule has 0 spiro atoms. The number of carbonyl (C=O) groups excluding carboxylic acids is 2. The number of hydrogen-bond donors (Lipinski definition) is 2. The van der Waals surface area contributed by atoms with Gasteiger partial charge in [0.2, 0.25) is 5.91 Å². The lowest BCUT2D eigenvalue weighted by atomic mass is 9.84. The molecule has 1 amide bonds. The van der Waals surface area contributed by atoms with E-state index in [1.807, 2.05) is 12.1 Å². The molecular formula is C27H31N7O3. The number of rotatable bonds is 7. The van der Waals surface area contributed by atoms with Gasteiger partial charge in [-0.3, -0.25) is 4.79 Å². The van der Waals surface area contributed by atoms with Gasteiger partial charge in [-0.15, -0.1) is 0 Å². The van der Waals surface area contributed by atoms with Crippen molar-refractivity contribution in [2.24, 2.45) is 0 Å². The molecule has 2 unspecified atom stereocenters. The average molecular weight is 502 g/mol. The van der Waals surface area contributed by atoms with Gasteiger partial charge in [0, 0.05) is 43.9 Å². The highest BCUT2D eigenvalue weighted by Crippen LogP contribution is 2.40. The molecule has 3 aromatic rings. The Morgan fingerprint density at radius 3 is 3.03 bits per heavy atom. The molecule has 10 heteroatoms. The van der Waals surface area contributed by atoms with E-state index in [0.29, 0.717) is 13.2 Å². The Labute approximate surface area is 215 Å². The van der Waals surface area contributed by atoms with Crippen LogP contribution in [0.3, 0.4) is 0 Å². The summed E-state index contributed by atoms with van der Waals surface area (Å²) in [5.74, 6) is 1.18. The Morgan fingerprint density at radius 2 is 2.16 bits per heavy atom. The highest BCUT2D eigenvalue weighted by molar-refractivity contribution is 5.83. The number of imidazole rings is 1. The van der Waals surface area contributed by atoms with Crippen LogP contribution in [0.4, 0.5) is 5.82 Å². The highest BCUT2D eigenvalue weighted by atomic mass is 16.5. The van der Waals surface area contributed by atoms with Crippen molar-refractivity contribution in [1.82, 2.24) is 30.2 Å². The number of aromatic nitrogens is 4. The van der Waals surface area contributed by atoms with Crippen molar-refractivity contribution >= 4 is 29.2 Å². The first-order valence-electron chi connectivity index (χ1n) is 12.9. The molecule has 2 aliphatic heterocycles. The summed E-state index contributed by atoms with van der Waals surface area (Å²) in [4.78, 5) is 44.8. The molecule has 10 nitrogen and oxygen atoms in total. The number of allylic oxidation sites excluding steroid dienone is 2. The fraction of sp³-hybridized carbons (Fsp3) is 0.444. The lowest BCUT2D eigenvalue weighted by molar-refractivity contribution is -0.119. The normalized spacial score (nSPS) is 23.2. The fourth-order valence-corrected chi connectivity index (χ4v) is 6.04. The number of benzene rings is 1. The molecule has 0 saturated carbocycles. The maximum absolute atomic E-state index is 12.5. The number of likely N-dealkylation sites (tertiary alicyclic amines) is 1. The van der Waals surface area contributed by atoms with E-state index in [4.69, 9.17) is 4.74 Å². The second-order valence-electron chi connectivity index (χ2n) is 10.0. The van der Waals surface area contributed by atoms with E-state index in [9.17, 15) is 9.59 Å². The van der Waals surface area contributed by atoms with Gasteiger partial charge in [-0.05, 0) is 37.3 Å². The van der Waals surface area contributed by atoms with Gasteiger partial charge < -0.3 is 29.6 Å². The maximum Gasteiger partial charge on any atom is 0.217 e. The van der Waals surface area contributed by atoms with Gasteiger partial charge in [0.15, 0.2) is 11.5 Å². The predicted molar refractivity (Wildman–Crippen MR) is 138 cm³/mol. The van der Waals surface area contributed by atoms with E-state index in [1.54, 1.807) is 19.6 Å². The van der Waals surface area contributed by atoms with Gasteiger partial charge in [-0.1, -0.05) is 18.2 Å². The molecular weight excluding hydrogens is 470 g/mol. The lowest BCUT2D eigenvalue weighted by Crippen LogP contribution is -2.36. The van der Waals surface area contributed by atoms with Gasteiger partial charge in [0.05, 0.1) is 18.3 Å². The quantitative estimate of drug-likeness (QED) is 0.474. The second kappa shape index (κ2) is 9.84. The molecule has 2 fully saturated rings. The van der Waals surface area contributed by atoms with Crippen LogP contribution in [-0.4, -0.2) is 75.4 Å². The smallest absolute Gasteiger partial charge is 0.217 e. The molecule has 3 aliphatic rings. The Balaban J connectivity index is 1.21. The first kappa shape index (κ1) is 23.4. The van der Waals surface area contributed by atoms with E-state index >= 15 is 0 Å². The fourth-order valence-electron chi connectivity index (χ4n) is 6.04. The topological polar surface area (TPSA) is 116 Å². The number of fused-ring (bicyclic) bond motifs is 2. The van der Waals surface area contributed by atoms with Crippen LogP contribution in [-0.2, 0) is 16.0 Å². The molecule has 1 aliphatic carbocycles. The van der Waals surface area contributed by atoms with Gasteiger partial charge in [-0.2, -0.15) is 0 Å². The van der Waals surface area contributed by atoms with Crippen LogP contribution in [0.2, 0.25) is 0 Å². The Morgan fingerprint density at radius 1 is 1.24 bits per heavy atom. The number of hydrogen-bond acceptors (Lipinski definition) is 8. The number of aromatic amines is 1. The van der Waals surface area contributed by atoms with Crippen molar-refractivity contribution in [3.8, 4) is 5.75 Å². The van der Waals surface area contributed by atoms with Crippen LogP contribution in [0.25, 0.3) is 11.2 Å². The highest BCUT2D eigenvalue weighted by Gasteiger charge is 2.34. The van der Waals surface area contributed by atoms with Crippen LogP contribution in [0.15, 0.2) is 42.6 Å². The number of anilines is 1. The number of nitrogens with one attached hydrogen (secondary N) is 2. The SMILES string of the molecule is CC(=O)NC1CCN(C2=CCc3cccc(OC[C@H]4CCCN4c4ncnc5[nH]cnc45)c3C2C=O)C1. The molecule has 192 valence electrons. The molecule has 0 bridgehead atoms. The molecule has 2 N–H and O–H groups in total. The number of H-pyrrole nitrogens is 1. The molecule has 0 radical (unpaired) electrons. The Bertz CT molecular complexity index is 1350. The minimum atomic E-state index is -0.388. The largest absolute Gasteiger partial charge is 0.491 e. The number of carbonyl (C=O) groups is 2. The van der Waals surface area contributed by atoms with Crippen molar-refractivity contribution in [3.63, 3.8) is 0 Å². The number of nitrogens with zero attached hydrogens (tertiary/aromatic N) is 5. The van der Waals surface area contributed by atoms with Crippen LogP contribution in [0.5, 0.6) is 5.75 Å². The van der Waals surface area contributed by atoms with Crippen molar-refractivity contribution in [2.75, 3.05) is 31.1 Å². The summed E-state index contributed by atoms with van der Waals surface area (Å²) < 4.78 is 6.48. The standard InChI is InChI=1S/C27H31N7O3/c1-17(36)32-19-9-11-33(12-19)22-8-7-18-4-2-6-23(24(18)21(22)13-35)37-14-20-5-3-10-34(20)27-25-26(29-15-28-25)30-16-31-27/h2,4,6,8,13,15-16,19-21H,3,5,7,9-12,14H2,1H3,(H,32,36)(H,28,29,30,31)/t19?,20-,21?/m1/s1. The summed E-state index contributed by atoms with van der Waals surface area (Å²) in [5.41, 5.74) is 4.58. The lowest BCUT2D eigenvalue weighted by Gasteiger charge is -2.32. The summed E-state index contributed by atoms with van der Waals surface area (Å²) in [6.07, 6.45) is 10.1. The third kappa shape index (κ3) is 4.41. The summed E-state index contributed by atoms with van der Waals surface area (Å²) in [5, 5.41) is 3.01. The average Bonchev–Trinajstić information content (AvgIpc) is 3.67. The van der Waals surface area contributed by atoms with Crippen molar-refractivity contribution < 1.29 is 14.3 Å². The van der Waals surface area contributed by atoms with Gasteiger partial charge in [-0.25, -0.2) is 15.0 Å². The summed E-state index contributed by atoms with van der Waals surface area (Å²) in [6, 6.07) is 6.30. The zero-order valence-corrected chi connectivity index (χ0v) is 20.9. The molecule has 2 saturated heterocycles. The number of ether oxygens (including phenoxy) is 1. The predicted octanol–water partition coefficient (Wildman–Crippen LogP) is 2.33. The van der Waals surface area contributed by atoms with Crippen LogP contribution in [0, 0.1) is 0 Å². The summed E-state index contributed by atoms with van der Waals surface area (Å²) in [7, 11) is 0. The first-order valence-corrected chi connectivity index (χ1v) is 12.9. The molecule has 4 heterocycles. The van der Waals surface area contributed by atoms with Gasteiger partial charge in [0.25, 0.3) is 0 Å². The van der Waals surface area contributed by atoms with Crippen LogP contribution < -0.4 is 15.0 Å². The molecule has 2 aromatic heterocycles. The Hall–Kier alpha value is -3.95. The van der Waals surface area contributed by atoms with Crippen molar-refractivity contribution in [3.05, 3.63) is 53.8 Å². The minimum Gasteiger partial charge on any atom is -0.491 e. The Kier molecular flexibility index (Phi) is 6.23. The third-order valence-corrected chi connectivity index (χ3v) is 7.69. The van der Waals surface area contributed by atoms with Gasteiger partial charge >= 0.3 is 0 Å². The van der Waals surface area contributed by atoms with E-state index < -0.39 is 0 Å². The molecule has 37 heavy (non-hydrogen) atoms. The summed E-state index contributed by atoms with van der Waals surface area (Å²) in [6.45, 7) is 4.45. The minimum absolute atomic E-state index is 0.0200. The summed E-state index contributed by atoms with van der Waals surface area (Å²) >= 11 is 0. The second-order valence-corrected chi connectivity index (χ2v) is 10.0. The van der Waals surface area contributed by atoms with E-state index in [2.05, 4.69) is 47.2 Å². The maximum atomic E-state index is 12.5. The number of amides is 1. The molecule has 6 rings (SSSR count). The molecule has 3 atom stereocenters. The zero-order valence-electron chi connectivity index (χ0n) is 20.9.